The fourth-order valence-electron chi connectivity index (χ4n) is 2.85. The molecule has 1 aromatic heterocycles. The number of nitrogens with two attached hydrogens (primary N) is 1. The predicted octanol–water partition coefficient (Wildman–Crippen LogP) is 0.512. The predicted molar refractivity (Wildman–Crippen MR) is 73.1 cm³/mol. The first-order valence-corrected chi connectivity index (χ1v) is 7.03. The second-order valence-electron chi connectivity index (χ2n) is 5.86. The van der Waals surface area contributed by atoms with E-state index in [1.165, 1.54) is 18.5 Å². The van der Waals surface area contributed by atoms with E-state index in [0.717, 1.165) is 18.9 Å². The van der Waals surface area contributed by atoms with E-state index < -0.39 is 0 Å². The molecule has 0 amide bonds. The average molecular weight is 262 g/mol. The van der Waals surface area contributed by atoms with E-state index in [2.05, 4.69) is 23.0 Å². The van der Waals surface area contributed by atoms with Crippen molar-refractivity contribution < 1.29 is 4.74 Å². The van der Waals surface area contributed by atoms with Gasteiger partial charge in [0.05, 0.1) is 18.6 Å². The van der Waals surface area contributed by atoms with Crippen LogP contribution >= 0.6 is 0 Å². The van der Waals surface area contributed by atoms with Gasteiger partial charge < -0.3 is 15.4 Å². The number of piperidine rings is 1. The summed E-state index contributed by atoms with van der Waals surface area (Å²) < 4.78 is 5.32. The van der Waals surface area contributed by atoms with Crippen LogP contribution in [-0.4, -0.2) is 54.8 Å². The van der Waals surface area contributed by atoms with E-state index in [-0.39, 0.29) is 5.41 Å². The Kier molecular flexibility index (Phi) is 3.52. The van der Waals surface area contributed by atoms with E-state index in [1.807, 2.05) is 6.20 Å². The summed E-state index contributed by atoms with van der Waals surface area (Å²) in [7, 11) is 2.18. The first-order chi connectivity index (χ1) is 9.23. The summed E-state index contributed by atoms with van der Waals surface area (Å²) in [6.45, 7) is 4.16. The first-order valence-electron chi connectivity index (χ1n) is 7.03. The molecule has 0 saturated carbocycles. The Hall–Kier alpha value is -1.04. The lowest BCUT2D eigenvalue weighted by Gasteiger charge is -2.39. The normalized spacial score (nSPS) is 24.1. The Balaban J connectivity index is 1.80. The topological polar surface area (TPSA) is 64.3 Å². The molecule has 5 nitrogen and oxygen atoms in total. The Morgan fingerprint density at radius 1 is 1.42 bits per heavy atom. The molecule has 0 radical (unpaired) electrons. The van der Waals surface area contributed by atoms with Gasteiger partial charge in [0.15, 0.2) is 0 Å². The number of nitrogens with zero attached hydrogens (tertiary/aromatic N) is 3. The zero-order valence-electron chi connectivity index (χ0n) is 11.5. The molecule has 2 aliphatic heterocycles. The number of hydrogen-bond donors (Lipinski definition) is 1. The minimum Gasteiger partial charge on any atom is -0.379 e. The molecule has 0 aliphatic carbocycles. The van der Waals surface area contributed by atoms with Gasteiger partial charge >= 0.3 is 0 Å². The van der Waals surface area contributed by atoms with Crippen LogP contribution in [0.4, 0.5) is 0 Å². The molecule has 3 rings (SSSR count). The molecule has 0 aromatic carbocycles. The standard InChI is InChI=1S/C14H22N4O/c1-18-6-3-11(4-7-18)12-2-5-16-13(17-12)14(8-15)9-19-10-14/h2,5,11H,3-4,6-10,15H2,1H3. The minimum absolute atomic E-state index is 0.137. The Morgan fingerprint density at radius 2 is 2.16 bits per heavy atom. The number of likely N-dealkylation sites (tertiary alicyclic amines) is 1. The Bertz CT molecular complexity index is 433. The third kappa shape index (κ3) is 2.38. The van der Waals surface area contributed by atoms with Crippen molar-refractivity contribution in [2.45, 2.75) is 24.2 Å². The van der Waals surface area contributed by atoms with Gasteiger partial charge in [-0.05, 0) is 39.0 Å². The molecule has 2 N–H and O–H groups in total. The summed E-state index contributed by atoms with van der Waals surface area (Å²) >= 11 is 0. The lowest BCUT2D eigenvalue weighted by atomic mass is 9.84. The third-order valence-electron chi connectivity index (χ3n) is 4.44. The van der Waals surface area contributed by atoms with Gasteiger partial charge in [0.25, 0.3) is 0 Å². The largest absolute Gasteiger partial charge is 0.379 e. The Morgan fingerprint density at radius 3 is 2.74 bits per heavy atom. The third-order valence-corrected chi connectivity index (χ3v) is 4.44. The SMILES string of the molecule is CN1CCC(c2ccnc(C3(CN)COC3)n2)CC1. The first kappa shape index (κ1) is 13.0. The molecule has 104 valence electrons. The maximum Gasteiger partial charge on any atom is 0.140 e. The van der Waals surface area contributed by atoms with Gasteiger partial charge in [0.1, 0.15) is 5.82 Å². The van der Waals surface area contributed by atoms with Crippen molar-refractivity contribution in [3.05, 3.63) is 23.8 Å². The highest BCUT2D eigenvalue weighted by molar-refractivity contribution is 5.18. The van der Waals surface area contributed by atoms with Crippen molar-refractivity contribution in [1.29, 1.82) is 0 Å². The van der Waals surface area contributed by atoms with Crippen molar-refractivity contribution >= 4 is 0 Å². The van der Waals surface area contributed by atoms with Gasteiger partial charge in [-0.2, -0.15) is 0 Å². The highest BCUT2D eigenvalue weighted by atomic mass is 16.5. The summed E-state index contributed by atoms with van der Waals surface area (Å²) in [5.74, 6) is 1.44. The molecule has 0 unspecified atom stereocenters. The maximum absolute atomic E-state index is 5.88. The van der Waals surface area contributed by atoms with E-state index >= 15 is 0 Å². The number of hydrogen-bond acceptors (Lipinski definition) is 5. The second kappa shape index (κ2) is 5.15. The monoisotopic (exact) mass is 262 g/mol. The molecular formula is C14H22N4O. The van der Waals surface area contributed by atoms with Crippen LogP contribution in [0.15, 0.2) is 12.3 Å². The number of aromatic nitrogens is 2. The molecule has 19 heavy (non-hydrogen) atoms. The molecule has 2 fully saturated rings. The van der Waals surface area contributed by atoms with E-state index in [1.54, 1.807) is 0 Å². The van der Waals surface area contributed by atoms with Crippen LogP contribution < -0.4 is 5.73 Å². The zero-order valence-corrected chi connectivity index (χ0v) is 11.5. The van der Waals surface area contributed by atoms with Gasteiger partial charge in [0, 0.05) is 24.4 Å². The maximum atomic E-state index is 5.88. The van der Waals surface area contributed by atoms with E-state index in [9.17, 15) is 0 Å². The smallest absolute Gasteiger partial charge is 0.140 e. The van der Waals surface area contributed by atoms with Crippen molar-refractivity contribution in [1.82, 2.24) is 14.9 Å². The van der Waals surface area contributed by atoms with Crippen molar-refractivity contribution in [2.75, 3.05) is 39.9 Å². The molecular weight excluding hydrogens is 240 g/mol. The van der Waals surface area contributed by atoms with Gasteiger partial charge in [-0.25, -0.2) is 9.97 Å². The van der Waals surface area contributed by atoms with Crippen LogP contribution in [0.1, 0.15) is 30.3 Å². The van der Waals surface area contributed by atoms with Crippen molar-refractivity contribution in [3.8, 4) is 0 Å². The minimum atomic E-state index is -0.137. The van der Waals surface area contributed by atoms with Gasteiger partial charge in [-0.15, -0.1) is 0 Å². The van der Waals surface area contributed by atoms with Crippen molar-refractivity contribution in [3.63, 3.8) is 0 Å². The lowest BCUT2D eigenvalue weighted by Crippen LogP contribution is -2.53. The second-order valence-corrected chi connectivity index (χ2v) is 5.86. The van der Waals surface area contributed by atoms with Crippen LogP contribution in [0.25, 0.3) is 0 Å². The molecule has 0 atom stereocenters. The van der Waals surface area contributed by atoms with Crippen LogP contribution in [0.5, 0.6) is 0 Å². The van der Waals surface area contributed by atoms with E-state index in [4.69, 9.17) is 15.5 Å². The quantitative estimate of drug-likeness (QED) is 0.860. The molecule has 2 aliphatic rings. The molecule has 5 heteroatoms. The molecule has 3 heterocycles. The average Bonchev–Trinajstić information content (AvgIpc) is 2.39. The number of ether oxygens (including phenoxy) is 1. The fraction of sp³-hybridized carbons (Fsp3) is 0.714. The van der Waals surface area contributed by atoms with Gasteiger partial charge in [-0.3, -0.25) is 0 Å². The zero-order chi connectivity index (χ0) is 13.3. The van der Waals surface area contributed by atoms with Crippen LogP contribution in [-0.2, 0) is 10.2 Å². The van der Waals surface area contributed by atoms with Crippen LogP contribution in [0, 0.1) is 0 Å². The summed E-state index contributed by atoms with van der Waals surface area (Å²) in [5, 5.41) is 0. The highest BCUT2D eigenvalue weighted by Gasteiger charge is 2.42. The highest BCUT2D eigenvalue weighted by Crippen LogP contribution is 2.31. The van der Waals surface area contributed by atoms with E-state index in [0.29, 0.717) is 25.7 Å². The lowest BCUT2D eigenvalue weighted by molar-refractivity contribution is -0.0595. The van der Waals surface area contributed by atoms with Crippen LogP contribution in [0.2, 0.25) is 0 Å². The van der Waals surface area contributed by atoms with Gasteiger partial charge in [0.2, 0.25) is 0 Å². The molecule has 0 spiro atoms. The summed E-state index contributed by atoms with van der Waals surface area (Å²) in [6.07, 6.45) is 4.24. The fourth-order valence-corrected chi connectivity index (χ4v) is 2.85. The van der Waals surface area contributed by atoms with Gasteiger partial charge in [-0.1, -0.05) is 0 Å². The van der Waals surface area contributed by atoms with Crippen molar-refractivity contribution in [2.24, 2.45) is 5.73 Å². The van der Waals surface area contributed by atoms with Crippen LogP contribution in [0.3, 0.4) is 0 Å². The molecule has 2 saturated heterocycles. The molecule has 0 bridgehead atoms. The summed E-state index contributed by atoms with van der Waals surface area (Å²) in [4.78, 5) is 11.6. The number of rotatable bonds is 3. The molecule has 1 aromatic rings. The summed E-state index contributed by atoms with van der Waals surface area (Å²) in [6, 6.07) is 2.06. The summed E-state index contributed by atoms with van der Waals surface area (Å²) in [5.41, 5.74) is 6.92. The Labute approximate surface area is 114 Å².